The maximum Gasteiger partial charge on any atom is 0.271 e. The van der Waals surface area contributed by atoms with Gasteiger partial charge < -0.3 is 4.74 Å². The summed E-state index contributed by atoms with van der Waals surface area (Å²) in [6, 6.07) is 11.1. The number of hydrazone groups is 1. The number of carbonyl (C=O) groups is 1. The Kier molecular flexibility index (Phi) is 6.95. The van der Waals surface area contributed by atoms with Crippen molar-refractivity contribution in [3.8, 4) is 5.75 Å². The molecule has 25 heavy (non-hydrogen) atoms. The van der Waals surface area contributed by atoms with Crippen LogP contribution in [0.5, 0.6) is 5.75 Å². The van der Waals surface area contributed by atoms with E-state index in [1.165, 1.54) is 18.3 Å². The molecular formula is C19H20ClFN2O2. The number of rotatable bonds is 7. The van der Waals surface area contributed by atoms with Gasteiger partial charge in [0, 0.05) is 11.1 Å². The highest BCUT2D eigenvalue weighted by molar-refractivity contribution is 6.33. The smallest absolute Gasteiger partial charge is 0.271 e. The molecule has 2 rings (SSSR count). The van der Waals surface area contributed by atoms with E-state index in [0.717, 1.165) is 6.42 Å². The molecule has 0 heterocycles. The molecule has 0 aliphatic heterocycles. The molecule has 0 bridgehead atoms. The van der Waals surface area contributed by atoms with Gasteiger partial charge in [-0.15, -0.1) is 0 Å². The van der Waals surface area contributed by atoms with Crippen LogP contribution < -0.4 is 10.2 Å². The first kappa shape index (κ1) is 18.9. The minimum absolute atomic E-state index is 0.123. The lowest BCUT2D eigenvalue weighted by atomic mass is 10.1. The average molecular weight is 363 g/mol. The van der Waals surface area contributed by atoms with E-state index >= 15 is 0 Å². The van der Waals surface area contributed by atoms with Crippen molar-refractivity contribution in [2.75, 3.05) is 6.61 Å². The molecule has 6 heteroatoms. The number of nitrogens with zero attached hydrogens (tertiary/aromatic N) is 1. The van der Waals surface area contributed by atoms with Gasteiger partial charge in [0.2, 0.25) is 0 Å². The number of amides is 1. The third-order valence-electron chi connectivity index (χ3n) is 3.44. The second-order valence-electron chi connectivity index (χ2n) is 5.89. The molecule has 2 aromatic carbocycles. The lowest BCUT2D eigenvalue weighted by molar-refractivity contribution is 0.0955. The zero-order chi connectivity index (χ0) is 18.2. The summed E-state index contributed by atoms with van der Waals surface area (Å²) in [4.78, 5) is 12.0. The van der Waals surface area contributed by atoms with E-state index in [9.17, 15) is 9.18 Å². The number of ether oxygens (including phenoxy) is 1. The van der Waals surface area contributed by atoms with Crippen molar-refractivity contribution in [2.24, 2.45) is 11.0 Å². The van der Waals surface area contributed by atoms with E-state index in [0.29, 0.717) is 23.8 Å². The van der Waals surface area contributed by atoms with E-state index in [1.807, 2.05) is 0 Å². The topological polar surface area (TPSA) is 50.7 Å². The van der Waals surface area contributed by atoms with Crippen LogP contribution in [-0.2, 0) is 0 Å². The average Bonchev–Trinajstić information content (AvgIpc) is 2.57. The van der Waals surface area contributed by atoms with Crippen LogP contribution >= 0.6 is 11.6 Å². The Balaban J connectivity index is 1.91. The fourth-order valence-corrected chi connectivity index (χ4v) is 2.18. The summed E-state index contributed by atoms with van der Waals surface area (Å²) in [5.41, 5.74) is 2.89. The van der Waals surface area contributed by atoms with Crippen LogP contribution in [0.2, 0.25) is 5.02 Å². The molecule has 132 valence electrons. The Bertz CT molecular complexity index is 725. The van der Waals surface area contributed by atoms with Gasteiger partial charge in [0.05, 0.1) is 17.8 Å². The van der Waals surface area contributed by atoms with Gasteiger partial charge in [0.1, 0.15) is 11.6 Å². The van der Waals surface area contributed by atoms with Crippen LogP contribution in [0.4, 0.5) is 4.39 Å². The molecule has 0 atom stereocenters. The van der Waals surface area contributed by atoms with Gasteiger partial charge in [-0.05, 0) is 48.7 Å². The van der Waals surface area contributed by atoms with Crippen LogP contribution in [-0.4, -0.2) is 18.7 Å². The Morgan fingerprint density at radius 1 is 1.28 bits per heavy atom. The molecule has 0 aliphatic rings. The molecule has 0 radical (unpaired) electrons. The molecule has 0 fully saturated rings. The lowest BCUT2D eigenvalue weighted by Crippen LogP contribution is -2.17. The zero-order valence-electron chi connectivity index (χ0n) is 14.1. The standard InChI is InChI=1S/C19H20ClFN2O2/c1-13(2)10-11-25-15-8-6-14(7-9-15)19(24)23-22-12-16-17(20)4-3-5-18(16)21/h3-9,12-13H,10-11H2,1-2H3,(H,23,24)/b22-12-. The summed E-state index contributed by atoms with van der Waals surface area (Å²) in [5.74, 6) is 0.371. The predicted octanol–water partition coefficient (Wildman–Crippen LogP) is 4.67. The maximum absolute atomic E-state index is 13.6. The summed E-state index contributed by atoms with van der Waals surface area (Å²) in [7, 11) is 0. The second-order valence-corrected chi connectivity index (χ2v) is 6.30. The number of hydrogen-bond acceptors (Lipinski definition) is 3. The first-order chi connectivity index (χ1) is 12.0. The predicted molar refractivity (Wildman–Crippen MR) is 97.9 cm³/mol. The Hall–Kier alpha value is -2.40. The maximum atomic E-state index is 13.6. The molecule has 0 aromatic heterocycles. The molecule has 1 amide bonds. The summed E-state index contributed by atoms with van der Waals surface area (Å²) in [6.07, 6.45) is 2.15. The van der Waals surface area contributed by atoms with E-state index in [-0.39, 0.29) is 10.6 Å². The van der Waals surface area contributed by atoms with Gasteiger partial charge in [0.15, 0.2) is 0 Å². The van der Waals surface area contributed by atoms with Crippen LogP contribution in [0.25, 0.3) is 0 Å². The summed E-state index contributed by atoms with van der Waals surface area (Å²) in [6.45, 7) is 4.90. The third-order valence-corrected chi connectivity index (χ3v) is 3.77. The van der Waals surface area contributed by atoms with Crippen molar-refractivity contribution in [1.82, 2.24) is 5.43 Å². The molecule has 0 saturated heterocycles. The minimum Gasteiger partial charge on any atom is -0.494 e. The third kappa shape index (κ3) is 5.87. The highest BCUT2D eigenvalue weighted by Crippen LogP contribution is 2.16. The SMILES string of the molecule is CC(C)CCOc1ccc(C(=O)N/N=C\c2c(F)cccc2Cl)cc1. The largest absolute Gasteiger partial charge is 0.494 e. The molecule has 1 N–H and O–H groups in total. The molecule has 0 aliphatic carbocycles. The van der Waals surface area contributed by atoms with E-state index in [2.05, 4.69) is 24.4 Å². The first-order valence-electron chi connectivity index (χ1n) is 7.97. The molecule has 0 spiro atoms. The van der Waals surface area contributed by atoms with E-state index in [1.54, 1.807) is 30.3 Å². The summed E-state index contributed by atoms with van der Waals surface area (Å²) >= 11 is 5.88. The number of benzene rings is 2. The summed E-state index contributed by atoms with van der Waals surface area (Å²) in [5, 5.41) is 3.97. The zero-order valence-corrected chi connectivity index (χ0v) is 14.9. The quantitative estimate of drug-likeness (QED) is 0.575. The van der Waals surface area contributed by atoms with E-state index < -0.39 is 11.7 Å². The number of hydrogen-bond donors (Lipinski definition) is 1. The molecule has 0 saturated carbocycles. The highest BCUT2D eigenvalue weighted by atomic mass is 35.5. The van der Waals surface area contributed by atoms with Crippen molar-refractivity contribution in [2.45, 2.75) is 20.3 Å². The Morgan fingerprint density at radius 2 is 2.00 bits per heavy atom. The lowest BCUT2D eigenvalue weighted by Gasteiger charge is -2.08. The Labute approximate surface area is 151 Å². The molecule has 2 aromatic rings. The van der Waals surface area contributed by atoms with Gasteiger partial charge in [-0.2, -0.15) is 5.10 Å². The van der Waals surface area contributed by atoms with Gasteiger partial charge >= 0.3 is 0 Å². The molecule has 0 unspecified atom stereocenters. The fraction of sp³-hybridized carbons (Fsp3) is 0.263. The fourth-order valence-electron chi connectivity index (χ4n) is 1.97. The van der Waals surface area contributed by atoms with Crippen molar-refractivity contribution < 1.29 is 13.9 Å². The van der Waals surface area contributed by atoms with Crippen LogP contribution in [0, 0.1) is 11.7 Å². The molecular weight excluding hydrogens is 343 g/mol. The monoisotopic (exact) mass is 362 g/mol. The number of halogens is 2. The number of carbonyl (C=O) groups excluding carboxylic acids is 1. The van der Waals surface area contributed by atoms with Crippen molar-refractivity contribution in [3.63, 3.8) is 0 Å². The van der Waals surface area contributed by atoms with E-state index in [4.69, 9.17) is 16.3 Å². The normalized spacial score (nSPS) is 11.1. The second kappa shape index (κ2) is 9.18. The Morgan fingerprint density at radius 3 is 2.64 bits per heavy atom. The number of nitrogens with one attached hydrogen (secondary N) is 1. The van der Waals surface area contributed by atoms with Crippen LogP contribution in [0.1, 0.15) is 36.2 Å². The van der Waals surface area contributed by atoms with Crippen molar-refractivity contribution >= 4 is 23.7 Å². The minimum atomic E-state index is -0.506. The van der Waals surface area contributed by atoms with Crippen LogP contribution in [0.3, 0.4) is 0 Å². The van der Waals surface area contributed by atoms with Crippen molar-refractivity contribution in [3.05, 3.63) is 64.4 Å². The van der Waals surface area contributed by atoms with Crippen molar-refractivity contribution in [1.29, 1.82) is 0 Å². The highest BCUT2D eigenvalue weighted by Gasteiger charge is 2.06. The van der Waals surface area contributed by atoms with Gasteiger partial charge in [-0.3, -0.25) is 4.79 Å². The van der Waals surface area contributed by atoms with Gasteiger partial charge in [0.25, 0.3) is 5.91 Å². The van der Waals surface area contributed by atoms with Gasteiger partial charge in [-0.1, -0.05) is 31.5 Å². The molecule has 4 nitrogen and oxygen atoms in total. The van der Waals surface area contributed by atoms with Gasteiger partial charge in [-0.25, -0.2) is 9.82 Å². The van der Waals surface area contributed by atoms with Crippen LogP contribution in [0.15, 0.2) is 47.6 Å². The summed E-state index contributed by atoms with van der Waals surface area (Å²) < 4.78 is 19.2. The first-order valence-corrected chi connectivity index (χ1v) is 8.35.